The molecule has 1 fully saturated rings. The van der Waals surface area contributed by atoms with E-state index in [1.165, 1.54) is 5.12 Å². The molecule has 1 aliphatic heterocycles. The van der Waals surface area contributed by atoms with E-state index >= 15 is 0 Å². The van der Waals surface area contributed by atoms with Crippen LogP contribution in [-0.2, 0) is 4.79 Å². The van der Waals surface area contributed by atoms with Crippen LogP contribution in [0.5, 0.6) is 5.75 Å². The highest BCUT2D eigenvalue weighted by Crippen LogP contribution is 2.54. The lowest BCUT2D eigenvalue weighted by molar-refractivity contribution is -0.133. The van der Waals surface area contributed by atoms with Crippen LogP contribution in [0, 0.1) is 5.92 Å². The molecule has 1 unspecified atom stereocenters. The maximum absolute atomic E-state index is 13.2. The number of carbonyl (C=O) groups is 1. The molecular weight excluding hydrogens is 356 g/mol. The molecule has 0 amide bonds. The molecule has 1 saturated carbocycles. The van der Waals surface area contributed by atoms with Gasteiger partial charge in [0.05, 0.1) is 0 Å². The molecule has 1 aromatic rings. The molecule has 3 N–H and O–H groups in total. The quantitative estimate of drug-likeness (QED) is 0.735. The predicted molar refractivity (Wildman–Crippen MR) is 94.1 cm³/mol. The molecule has 1 heterocycles. The van der Waals surface area contributed by atoms with Crippen LogP contribution >= 0.6 is 0 Å². The number of aliphatic carboxylic acids is 1. The number of halogens is 2. The average Bonchev–Trinajstić information content (AvgIpc) is 3.11. The van der Waals surface area contributed by atoms with Gasteiger partial charge in [0.1, 0.15) is 5.75 Å². The van der Waals surface area contributed by atoms with E-state index in [4.69, 9.17) is 9.84 Å². The van der Waals surface area contributed by atoms with E-state index in [-0.39, 0.29) is 18.0 Å². The lowest BCUT2D eigenvalue weighted by Gasteiger charge is -2.15. The predicted octanol–water partition coefficient (Wildman–Crippen LogP) is 3.03. The minimum atomic E-state index is -2.52. The number of ether oxygens (including phenoxy) is 1. The van der Waals surface area contributed by atoms with Gasteiger partial charge in [0, 0.05) is 19.4 Å². The Labute approximate surface area is 154 Å². The van der Waals surface area contributed by atoms with Crippen LogP contribution in [0.25, 0.3) is 5.57 Å². The number of rotatable bonds is 5. The molecule has 3 aliphatic rings. The van der Waals surface area contributed by atoms with Gasteiger partial charge in [-0.1, -0.05) is 29.9 Å². The number of hydrogen-bond donors (Lipinski definition) is 3. The van der Waals surface area contributed by atoms with Crippen LogP contribution in [0.4, 0.5) is 8.78 Å². The molecule has 4 rings (SSSR count). The first-order chi connectivity index (χ1) is 12.8. The number of nitrogens with one attached hydrogen (secondary N) is 2. The molecule has 6 nitrogen and oxygen atoms in total. The first-order valence-corrected chi connectivity index (χ1v) is 8.64. The van der Waals surface area contributed by atoms with E-state index in [0.717, 1.165) is 23.1 Å². The Morgan fingerprint density at radius 3 is 2.48 bits per heavy atom. The van der Waals surface area contributed by atoms with Gasteiger partial charge in [-0.25, -0.2) is 13.6 Å². The molecule has 27 heavy (non-hydrogen) atoms. The van der Waals surface area contributed by atoms with E-state index in [1.54, 1.807) is 19.2 Å². The first kappa shape index (κ1) is 17.5. The maximum Gasteiger partial charge on any atom is 0.359 e. The smallest absolute Gasteiger partial charge is 0.359 e. The second-order valence-corrected chi connectivity index (χ2v) is 6.87. The van der Waals surface area contributed by atoms with Gasteiger partial charge in [-0.2, -0.15) is 0 Å². The Morgan fingerprint density at radius 2 is 1.93 bits per heavy atom. The van der Waals surface area contributed by atoms with Gasteiger partial charge in [-0.15, -0.1) is 5.12 Å². The molecule has 8 heteroatoms. The zero-order chi connectivity index (χ0) is 19.2. The zero-order valence-electron chi connectivity index (χ0n) is 14.6. The fourth-order valence-corrected chi connectivity index (χ4v) is 3.33. The van der Waals surface area contributed by atoms with Crippen LogP contribution in [-0.4, -0.2) is 29.2 Å². The zero-order valence-corrected chi connectivity index (χ0v) is 14.6. The summed E-state index contributed by atoms with van der Waals surface area (Å²) in [6, 6.07) is 7.24. The van der Waals surface area contributed by atoms with E-state index in [9.17, 15) is 13.6 Å². The fourth-order valence-electron chi connectivity index (χ4n) is 3.33. The molecule has 0 radical (unpaired) electrons. The molecule has 0 spiro atoms. The number of hydrogen-bond acceptors (Lipinski definition) is 5. The lowest BCUT2D eigenvalue weighted by atomic mass is 9.91. The second kappa shape index (κ2) is 6.38. The van der Waals surface area contributed by atoms with Crippen LogP contribution in [0.15, 0.2) is 53.6 Å². The Balaban J connectivity index is 1.46. The third-order valence-electron chi connectivity index (χ3n) is 4.89. The van der Waals surface area contributed by atoms with Crippen molar-refractivity contribution in [2.24, 2.45) is 5.92 Å². The van der Waals surface area contributed by atoms with Crippen molar-refractivity contribution in [3.05, 3.63) is 59.1 Å². The number of carboxylic acid groups (broad SMARTS) is 1. The first-order valence-electron chi connectivity index (χ1n) is 8.64. The van der Waals surface area contributed by atoms with Crippen molar-refractivity contribution in [1.29, 1.82) is 0 Å². The van der Waals surface area contributed by atoms with Crippen molar-refractivity contribution in [3.63, 3.8) is 0 Å². The van der Waals surface area contributed by atoms with E-state index in [2.05, 4.69) is 10.9 Å². The number of nitrogens with zero attached hydrogens (tertiary/aromatic N) is 1. The highest BCUT2D eigenvalue weighted by Gasteiger charge is 2.58. The molecule has 142 valence electrons. The molecule has 1 aromatic carbocycles. The van der Waals surface area contributed by atoms with Gasteiger partial charge >= 0.3 is 5.97 Å². The number of allylic oxidation sites excluding steroid dienone is 4. The molecular formula is C19H19F2N3O3. The summed E-state index contributed by atoms with van der Waals surface area (Å²) in [6.07, 6.45) is 5.08. The number of benzene rings is 1. The fraction of sp³-hybridized carbons (Fsp3) is 0.316. The number of alkyl halides is 2. The molecule has 0 bridgehead atoms. The van der Waals surface area contributed by atoms with Gasteiger partial charge in [-0.05, 0) is 36.1 Å². The van der Waals surface area contributed by atoms with Crippen molar-refractivity contribution < 1.29 is 23.4 Å². The average molecular weight is 375 g/mol. The monoisotopic (exact) mass is 375 g/mol. The number of carboxylic acids is 1. The van der Waals surface area contributed by atoms with Crippen molar-refractivity contribution >= 4 is 11.5 Å². The Morgan fingerprint density at radius 1 is 1.22 bits per heavy atom. The van der Waals surface area contributed by atoms with Crippen LogP contribution < -0.4 is 15.6 Å². The normalized spacial score (nSPS) is 23.9. The van der Waals surface area contributed by atoms with Crippen LogP contribution in [0.1, 0.15) is 24.8 Å². The highest BCUT2D eigenvalue weighted by molar-refractivity contribution is 5.86. The van der Waals surface area contributed by atoms with Crippen molar-refractivity contribution in [3.8, 4) is 5.75 Å². The summed E-state index contributed by atoms with van der Waals surface area (Å²) in [6.45, 7) is 0. The lowest BCUT2D eigenvalue weighted by Crippen LogP contribution is -2.37. The van der Waals surface area contributed by atoms with Crippen LogP contribution in [0.2, 0.25) is 0 Å². The highest BCUT2D eigenvalue weighted by atomic mass is 19.3. The van der Waals surface area contributed by atoms with Crippen molar-refractivity contribution in [1.82, 2.24) is 16.0 Å². The Kier molecular flexibility index (Phi) is 4.15. The summed E-state index contributed by atoms with van der Waals surface area (Å²) >= 11 is 0. The standard InChI is InChI=1S/C19H19F2N3O3/c1-24-22-16(18(25)26)17(23-24)27-14-8-6-12(7-9-14)11-2-4-13(5-3-11)15-10-19(15,20)21/h2,4,6-9,15,22-23H,3,5,10H2,1H3,(H,25,26). The van der Waals surface area contributed by atoms with Crippen molar-refractivity contribution in [2.45, 2.75) is 25.2 Å². The number of hydrazine groups is 2. The summed E-state index contributed by atoms with van der Waals surface area (Å²) in [4.78, 5) is 11.2. The molecule has 1 atom stereocenters. The van der Waals surface area contributed by atoms with Crippen LogP contribution in [0.3, 0.4) is 0 Å². The minimum absolute atomic E-state index is 0.0275. The summed E-state index contributed by atoms with van der Waals surface area (Å²) in [5, 5.41) is 10.5. The van der Waals surface area contributed by atoms with Gasteiger partial charge in [0.15, 0.2) is 5.70 Å². The minimum Gasteiger partial charge on any atom is -0.476 e. The van der Waals surface area contributed by atoms with Gasteiger partial charge in [0.25, 0.3) is 5.92 Å². The van der Waals surface area contributed by atoms with Gasteiger partial charge in [0.2, 0.25) is 5.88 Å². The SMILES string of the molecule is CN1NC(Oc2ccc(C3=CC=C(C4CC4(F)F)CC3)cc2)=C(C(=O)O)N1. The Hall–Kier alpha value is -2.87. The summed E-state index contributed by atoms with van der Waals surface area (Å²) in [5.74, 6) is -3.63. The van der Waals surface area contributed by atoms with E-state index < -0.39 is 17.8 Å². The molecule has 0 aromatic heterocycles. The molecule has 2 aliphatic carbocycles. The third kappa shape index (κ3) is 3.52. The Bertz CT molecular complexity index is 875. The van der Waals surface area contributed by atoms with E-state index in [0.29, 0.717) is 12.2 Å². The van der Waals surface area contributed by atoms with Gasteiger partial charge in [-0.3, -0.25) is 10.9 Å². The second-order valence-electron chi connectivity index (χ2n) is 6.87. The van der Waals surface area contributed by atoms with Gasteiger partial charge < -0.3 is 9.84 Å². The summed E-state index contributed by atoms with van der Waals surface area (Å²) in [7, 11) is 1.62. The summed E-state index contributed by atoms with van der Waals surface area (Å²) < 4.78 is 32.0. The largest absolute Gasteiger partial charge is 0.476 e. The van der Waals surface area contributed by atoms with E-state index in [1.807, 2.05) is 24.3 Å². The maximum atomic E-state index is 13.2. The summed E-state index contributed by atoms with van der Waals surface area (Å²) in [5.41, 5.74) is 8.21. The van der Waals surface area contributed by atoms with Crippen molar-refractivity contribution in [2.75, 3.05) is 7.05 Å². The topological polar surface area (TPSA) is 73.8 Å². The molecule has 0 saturated heterocycles. The third-order valence-corrected chi connectivity index (χ3v) is 4.89.